The van der Waals surface area contributed by atoms with Crippen molar-refractivity contribution >= 4 is 5.95 Å². The lowest BCUT2D eigenvalue weighted by Gasteiger charge is -2.22. The summed E-state index contributed by atoms with van der Waals surface area (Å²) in [6.45, 7) is 6.86. The summed E-state index contributed by atoms with van der Waals surface area (Å²) in [5.74, 6) is 2.74. The second-order valence-electron chi connectivity index (χ2n) is 5.39. The van der Waals surface area contributed by atoms with E-state index >= 15 is 0 Å². The molecule has 1 saturated carbocycles. The smallest absolute Gasteiger partial charge is 0.246 e. The molecule has 0 atom stereocenters. The minimum atomic E-state index is 0.254. The quantitative estimate of drug-likeness (QED) is 0.826. The number of aryl methyl sites for hydroxylation is 1. The molecule has 19 heavy (non-hydrogen) atoms. The zero-order valence-corrected chi connectivity index (χ0v) is 11.6. The number of hydrogen-bond acceptors (Lipinski definition) is 5. The minimum absolute atomic E-state index is 0.254. The number of hydrogen-bond donors (Lipinski definition) is 0. The number of tetrazole rings is 1. The lowest BCUT2D eigenvalue weighted by Crippen LogP contribution is -2.28. The van der Waals surface area contributed by atoms with Crippen LogP contribution >= 0.6 is 0 Å². The summed E-state index contributed by atoms with van der Waals surface area (Å²) >= 11 is 0. The third-order valence-electron chi connectivity index (χ3n) is 3.33. The van der Waals surface area contributed by atoms with Crippen molar-refractivity contribution in [3.05, 3.63) is 23.7 Å². The van der Waals surface area contributed by atoms with Gasteiger partial charge in [-0.1, -0.05) is 5.10 Å². The average molecular weight is 261 g/mol. The first-order chi connectivity index (χ1) is 9.15. The second-order valence-corrected chi connectivity index (χ2v) is 5.39. The zero-order chi connectivity index (χ0) is 13.4. The van der Waals surface area contributed by atoms with Gasteiger partial charge < -0.3 is 9.32 Å². The van der Waals surface area contributed by atoms with Gasteiger partial charge in [0, 0.05) is 6.04 Å². The molecule has 0 saturated heterocycles. The lowest BCUT2D eigenvalue weighted by molar-refractivity contribution is 0.465. The fourth-order valence-electron chi connectivity index (χ4n) is 2.20. The van der Waals surface area contributed by atoms with Crippen LogP contribution in [0.1, 0.15) is 44.3 Å². The van der Waals surface area contributed by atoms with Crippen molar-refractivity contribution in [2.45, 2.75) is 52.2 Å². The summed E-state index contributed by atoms with van der Waals surface area (Å²) < 4.78 is 7.54. The van der Waals surface area contributed by atoms with E-state index < -0.39 is 0 Å². The maximum absolute atomic E-state index is 5.67. The van der Waals surface area contributed by atoms with E-state index in [0.29, 0.717) is 6.04 Å². The highest BCUT2D eigenvalue weighted by Crippen LogP contribution is 2.32. The highest BCUT2D eigenvalue weighted by Gasteiger charge is 2.33. The van der Waals surface area contributed by atoms with Gasteiger partial charge in [0.05, 0.1) is 12.6 Å². The van der Waals surface area contributed by atoms with Gasteiger partial charge >= 0.3 is 0 Å². The molecular weight excluding hydrogens is 242 g/mol. The molecule has 6 nitrogen and oxygen atoms in total. The van der Waals surface area contributed by atoms with Crippen molar-refractivity contribution in [3.63, 3.8) is 0 Å². The molecule has 0 N–H and O–H groups in total. The summed E-state index contributed by atoms with van der Waals surface area (Å²) in [5.41, 5.74) is 0. The molecule has 1 aliphatic rings. The molecule has 6 heteroatoms. The largest absolute Gasteiger partial charge is 0.464 e. The van der Waals surface area contributed by atoms with Crippen LogP contribution in [0.2, 0.25) is 0 Å². The molecule has 0 unspecified atom stereocenters. The molecule has 102 valence electrons. The van der Waals surface area contributed by atoms with Gasteiger partial charge in [-0.05, 0) is 56.2 Å². The Morgan fingerprint density at radius 2 is 2.21 bits per heavy atom. The lowest BCUT2D eigenvalue weighted by atomic mass is 10.3. The molecule has 0 aromatic carbocycles. The van der Waals surface area contributed by atoms with E-state index in [1.807, 2.05) is 23.7 Å². The van der Waals surface area contributed by atoms with Gasteiger partial charge in [0.15, 0.2) is 0 Å². The first-order valence-electron chi connectivity index (χ1n) is 6.75. The van der Waals surface area contributed by atoms with Crippen LogP contribution in [0.15, 0.2) is 16.5 Å². The van der Waals surface area contributed by atoms with Crippen LogP contribution in [-0.2, 0) is 6.54 Å². The average Bonchev–Trinajstić information content (AvgIpc) is 2.93. The Morgan fingerprint density at radius 3 is 2.79 bits per heavy atom. The fraction of sp³-hybridized carbons (Fsp3) is 0.615. The molecule has 0 spiro atoms. The Hall–Kier alpha value is -1.85. The van der Waals surface area contributed by atoms with Gasteiger partial charge in [0.1, 0.15) is 11.5 Å². The molecule has 1 aliphatic carbocycles. The predicted octanol–water partition coefficient (Wildman–Crippen LogP) is 2.32. The summed E-state index contributed by atoms with van der Waals surface area (Å²) in [7, 11) is 0. The van der Waals surface area contributed by atoms with Crippen molar-refractivity contribution in [3.8, 4) is 0 Å². The molecule has 2 heterocycles. The van der Waals surface area contributed by atoms with Gasteiger partial charge in [-0.25, -0.2) is 4.68 Å². The van der Waals surface area contributed by atoms with Crippen molar-refractivity contribution < 1.29 is 4.42 Å². The normalized spacial score (nSPS) is 15.2. The number of aromatic nitrogens is 4. The molecule has 0 aliphatic heterocycles. The maximum atomic E-state index is 5.67. The Kier molecular flexibility index (Phi) is 3.00. The van der Waals surface area contributed by atoms with E-state index in [1.54, 1.807) is 0 Å². The van der Waals surface area contributed by atoms with Gasteiger partial charge in [-0.3, -0.25) is 0 Å². The van der Waals surface area contributed by atoms with Crippen molar-refractivity contribution in [1.82, 2.24) is 20.2 Å². The van der Waals surface area contributed by atoms with E-state index in [0.717, 1.165) is 24.0 Å². The zero-order valence-electron chi connectivity index (χ0n) is 11.6. The van der Waals surface area contributed by atoms with Crippen LogP contribution in [-0.4, -0.2) is 26.2 Å². The molecule has 0 bridgehead atoms. The highest BCUT2D eigenvalue weighted by atomic mass is 16.3. The van der Waals surface area contributed by atoms with Gasteiger partial charge in [0.2, 0.25) is 5.95 Å². The number of anilines is 1. The standard InChI is InChI=1S/C13H19N5O/c1-9(2)18-13(14-15-16-18)17(11-5-6-11)8-12-7-4-10(3)19-12/h4,7,9,11H,5-6,8H2,1-3H3. The molecule has 1 fully saturated rings. The monoisotopic (exact) mass is 261 g/mol. The summed E-state index contributed by atoms with van der Waals surface area (Å²) in [6, 6.07) is 4.80. The maximum Gasteiger partial charge on any atom is 0.246 e. The predicted molar refractivity (Wildman–Crippen MR) is 70.9 cm³/mol. The Morgan fingerprint density at radius 1 is 1.42 bits per heavy atom. The van der Waals surface area contributed by atoms with Crippen LogP contribution in [0.5, 0.6) is 0 Å². The first kappa shape index (κ1) is 12.2. The summed E-state index contributed by atoms with van der Waals surface area (Å²) in [6.07, 6.45) is 2.40. The van der Waals surface area contributed by atoms with Crippen molar-refractivity contribution in [2.75, 3.05) is 4.90 Å². The van der Waals surface area contributed by atoms with Crippen LogP contribution in [0.4, 0.5) is 5.95 Å². The van der Waals surface area contributed by atoms with E-state index in [-0.39, 0.29) is 6.04 Å². The van der Waals surface area contributed by atoms with Crippen LogP contribution in [0.25, 0.3) is 0 Å². The van der Waals surface area contributed by atoms with Crippen molar-refractivity contribution in [1.29, 1.82) is 0 Å². The Balaban J connectivity index is 1.86. The van der Waals surface area contributed by atoms with Crippen LogP contribution in [0, 0.1) is 6.92 Å². The molecule has 2 aromatic heterocycles. The second kappa shape index (κ2) is 4.68. The molecular formula is C13H19N5O. The van der Waals surface area contributed by atoms with E-state index in [1.165, 1.54) is 12.8 Å². The number of furan rings is 1. The van der Waals surface area contributed by atoms with Crippen molar-refractivity contribution in [2.24, 2.45) is 0 Å². The highest BCUT2D eigenvalue weighted by molar-refractivity contribution is 5.34. The Labute approximate surface area is 112 Å². The third-order valence-corrected chi connectivity index (χ3v) is 3.33. The van der Waals surface area contributed by atoms with E-state index in [4.69, 9.17) is 4.42 Å². The Bertz CT molecular complexity index is 555. The molecule has 0 radical (unpaired) electrons. The number of rotatable bonds is 5. The number of nitrogens with zero attached hydrogens (tertiary/aromatic N) is 5. The van der Waals surface area contributed by atoms with E-state index in [2.05, 4.69) is 34.3 Å². The first-order valence-corrected chi connectivity index (χ1v) is 6.75. The SMILES string of the molecule is Cc1ccc(CN(c2nnnn2C(C)C)C2CC2)o1. The summed E-state index contributed by atoms with van der Waals surface area (Å²) in [4.78, 5) is 2.25. The molecule has 0 amide bonds. The van der Waals surface area contributed by atoms with Gasteiger partial charge in [-0.2, -0.15) is 0 Å². The van der Waals surface area contributed by atoms with Gasteiger partial charge in [-0.15, -0.1) is 0 Å². The minimum Gasteiger partial charge on any atom is -0.464 e. The van der Waals surface area contributed by atoms with Crippen LogP contribution < -0.4 is 4.90 Å². The van der Waals surface area contributed by atoms with Gasteiger partial charge in [0.25, 0.3) is 0 Å². The third kappa shape index (κ3) is 2.47. The van der Waals surface area contributed by atoms with Crippen LogP contribution in [0.3, 0.4) is 0 Å². The topological polar surface area (TPSA) is 60.0 Å². The fourth-order valence-corrected chi connectivity index (χ4v) is 2.20. The van der Waals surface area contributed by atoms with E-state index in [9.17, 15) is 0 Å². The summed E-state index contributed by atoms with van der Waals surface area (Å²) in [5, 5.41) is 12.1. The molecule has 3 rings (SSSR count). The molecule has 2 aromatic rings.